The number of rotatable bonds is 6. The second-order valence-electron chi connectivity index (χ2n) is 5.12. The summed E-state index contributed by atoms with van der Waals surface area (Å²) in [6.07, 6.45) is 3.24. The highest BCUT2D eigenvalue weighted by molar-refractivity contribution is 8.00. The molecule has 1 aliphatic heterocycles. The fourth-order valence-electron chi connectivity index (χ4n) is 2.34. The molecule has 0 radical (unpaired) electrons. The van der Waals surface area contributed by atoms with E-state index in [1.165, 1.54) is 24.7 Å². The van der Waals surface area contributed by atoms with Crippen molar-refractivity contribution < 1.29 is 4.39 Å². The Hall–Kier alpha value is -1.23. The Morgan fingerprint density at radius 3 is 2.95 bits per heavy atom. The van der Waals surface area contributed by atoms with Crippen LogP contribution in [0.25, 0.3) is 0 Å². The van der Waals surface area contributed by atoms with E-state index in [0.29, 0.717) is 18.2 Å². The van der Waals surface area contributed by atoms with Crippen LogP contribution in [0.1, 0.15) is 25.3 Å². The molecule has 0 spiro atoms. The third-order valence-corrected chi connectivity index (χ3v) is 4.85. The van der Waals surface area contributed by atoms with Gasteiger partial charge in [-0.25, -0.2) is 4.39 Å². The molecule has 1 aromatic carbocycles. The monoisotopic (exact) mass is 309 g/mol. The summed E-state index contributed by atoms with van der Waals surface area (Å²) in [5.74, 6) is 1.96. The molecule has 21 heavy (non-hydrogen) atoms. The molecule has 0 aliphatic carbocycles. The summed E-state index contributed by atoms with van der Waals surface area (Å²) >= 11 is 2.01. The van der Waals surface area contributed by atoms with E-state index in [2.05, 4.69) is 22.5 Å². The van der Waals surface area contributed by atoms with Crippen molar-refractivity contribution in [1.82, 2.24) is 10.6 Å². The standard InChI is InChI=1S/C16H24FN3S/c1-2-18-16(20-12-14-7-5-11-21-14)19-10-9-13-6-3-4-8-15(13)17/h3-4,6,8,14H,2,5,7,9-12H2,1H3,(H2,18,19,20). The predicted molar refractivity (Wildman–Crippen MR) is 89.6 cm³/mol. The SMILES string of the molecule is CCNC(=NCC1CCCS1)NCCc1ccccc1F. The summed E-state index contributed by atoms with van der Waals surface area (Å²) in [5.41, 5.74) is 0.743. The molecule has 0 bridgehead atoms. The van der Waals surface area contributed by atoms with Crippen LogP contribution < -0.4 is 10.6 Å². The van der Waals surface area contributed by atoms with Gasteiger partial charge in [-0.1, -0.05) is 18.2 Å². The molecule has 2 rings (SSSR count). The van der Waals surface area contributed by atoms with Crippen LogP contribution in [0.5, 0.6) is 0 Å². The fourth-order valence-corrected chi connectivity index (χ4v) is 3.52. The number of thioether (sulfide) groups is 1. The third-order valence-electron chi connectivity index (χ3n) is 3.47. The minimum atomic E-state index is -0.136. The van der Waals surface area contributed by atoms with Crippen molar-refractivity contribution >= 4 is 17.7 Å². The van der Waals surface area contributed by atoms with Gasteiger partial charge in [-0.2, -0.15) is 11.8 Å². The lowest BCUT2D eigenvalue weighted by molar-refractivity contribution is 0.606. The summed E-state index contributed by atoms with van der Waals surface area (Å²) in [7, 11) is 0. The number of nitrogens with one attached hydrogen (secondary N) is 2. The maximum Gasteiger partial charge on any atom is 0.191 e. The van der Waals surface area contributed by atoms with E-state index in [4.69, 9.17) is 0 Å². The highest BCUT2D eigenvalue weighted by atomic mass is 32.2. The van der Waals surface area contributed by atoms with Crippen LogP contribution in [0.2, 0.25) is 0 Å². The first-order valence-corrected chi connectivity index (χ1v) is 8.71. The van der Waals surface area contributed by atoms with E-state index in [1.54, 1.807) is 6.07 Å². The van der Waals surface area contributed by atoms with E-state index in [-0.39, 0.29) is 5.82 Å². The predicted octanol–water partition coefficient (Wildman–Crippen LogP) is 2.82. The van der Waals surface area contributed by atoms with E-state index >= 15 is 0 Å². The van der Waals surface area contributed by atoms with E-state index in [1.807, 2.05) is 23.9 Å². The van der Waals surface area contributed by atoms with Crippen LogP contribution in [0.3, 0.4) is 0 Å². The van der Waals surface area contributed by atoms with Gasteiger partial charge < -0.3 is 10.6 Å². The number of guanidine groups is 1. The van der Waals surface area contributed by atoms with Crippen molar-refractivity contribution in [3.8, 4) is 0 Å². The van der Waals surface area contributed by atoms with Gasteiger partial charge in [0.2, 0.25) is 0 Å². The van der Waals surface area contributed by atoms with Crippen LogP contribution in [-0.2, 0) is 6.42 Å². The number of halogens is 1. The minimum Gasteiger partial charge on any atom is -0.357 e. The van der Waals surface area contributed by atoms with Gasteiger partial charge in [0.05, 0.1) is 6.54 Å². The molecular formula is C16H24FN3S. The quantitative estimate of drug-likeness (QED) is 0.627. The molecule has 5 heteroatoms. The zero-order valence-electron chi connectivity index (χ0n) is 12.6. The molecule has 1 heterocycles. The van der Waals surface area contributed by atoms with Crippen LogP contribution in [0, 0.1) is 5.82 Å². The molecule has 1 aromatic rings. The summed E-state index contributed by atoms with van der Waals surface area (Å²) in [6, 6.07) is 6.92. The second kappa shape index (κ2) is 8.93. The van der Waals surface area contributed by atoms with Gasteiger partial charge in [-0.15, -0.1) is 0 Å². The molecule has 116 valence electrons. The Kier molecular flexibility index (Phi) is 6.86. The van der Waals surface area contributed by atoms with Gasteiger partial charge >= 0.3 is 0 Å². The number of aliphatic imine (C=N–C) groups is 1. The fraction of sp³-hybridized carbons (Fsp3) is 0.562. The van der Waals surface area contributed by atoms with Crippen molar-refractivity contribution in [2.24, 2.45) is 4.99 Å². The number of benzene rings is 1. The van der Waals surface area contributed by atoms with E-state index in [0.717, 1.165) is 24.6 Å². The largest absolute Gasteiger partial charge is 0.357 e. The third kappa shape index (κ3) is 5.58. The number of hydrogen-bond acceptors (Lipinski definition) is 2. The molecule has 1 fully saturated rings. The van der Waals surface area contributed by atoms with Gasteiger partial charge in [0, 0.05) is 18.3 Å². The molecular weight excluding hydrogens is 285 g/mol. The summed E-state index contributed by atoms with van der Waals surface area (Å²) < 4.78 is 13.5. The first-order valence-electron chi connectivity index (χ1n) is 7.66. The summed E-state index contributed by atoms with van der Waals surface area (Å²) in [4.78, 5) is 4.63. The van der Waals surface area contributed by atoms with Crippen molar-refractivity contribution in [2.45, 2.75) is 31.4 Å². The van der Waals surface area contributed by atoms with Crippen molar-refractivity contribution in [1.29, 1.82) is 0 Å². The van der Waals surface area contributed by atoms with Gasteiger partial charge in [-0.3, -0.25) is 4.99 Å². The van der Waals surface area contributed by atoms with Crippen molar-refractivity contribution in [2.75, 3.05) is 25.4 Å². The Balaban J connectivity index is 1.79. The molecule has 0 aromatic heterocycles. The maximum absolute atomic E-state index is 13.5. The Bertz CT molecular complexity index is 459. The van der Waals surface area contributed by atoms with Crippen LogP contribution in [0.4, 0.5) is 4.39 Å². The Morgan fingerprint density at radius 2 is 2.24 bits per heavy atom. The molecule has 3 nitrogen and oxygen atoms in total. The zero-order chi connectivity index (χ0) is 14.9. The van der Waals surface area contributed by atoms with Crippen LogP contribution in [-0.4, -0.2) is 36.6 Å². The first kappa shape index (κ1) is 16.1. The molecule has 2 N–H and O–H groups in total. The van der Waals surface area contributed by atoms with E-state index in [9.17, 15) is 4.39 Å². The van der Waals surface area contributed by atoms with Crippen molar-refractivity contribution in [3.63, 3.8) is 0 Å². The highest BCUT2D eigenvalue weighted by Crippen LogP contribution is 2.25. The van der Waals surface area contributed by atoms with Gasteiger partial charge in [0.25, 0.3) is 0 Å². The maximum atomic E-state index is 13.5. The van der Waals surface area contributed by atoms with Crippen LogP contribution in [0.15, 0.2) is 29.3 Å². The number of hydrogen-bond donors (Lipinski definition) is 2. The molecule has 1 unspecified atom stereocenters. The average molecular weight is 309 g/mol. The average Bonchev–Trinajstić information content (AvgIpc) is 3.00. The summed E-state index contributed by atoms with van der Waals surface area (Å²) in [6.45, 7) is 4.44. The highest BCUT2D eigenvalue weighted by Gasteiger charge is 2.14. The van der Waals surface area contributed by atoms with Crippen molar-refractivity contribution in [3.05, 3.63) is 35.6 Å². The molecule has 1 atom stereocenters. The van der Waals surface area contributed by atoms with Gasteiger partial charge in [0.15, 0.2) is 5.96 Å². The first-order chi connectivity index (χ1) is 10.3. The number of nitrogens with zero attached hydrogens (tertiary/aromatic N) is 1. The molecule has 1 aliphatic rings. The van der Waals surface area contributed by atoms with E-state index < -0.39 is 0 Å². The lowest BCUT2D eigenvalue weighted by Crippen LogP contribution is -2.38. The minimum absolute atomic E-state index is 0.136. The second-order valence-corrected chi connectivity index (χ2v) is 6.53. The van der Waals surface area contributed by atoms with Gasteiger partial charge in [-0.05, 0) is 43.6 Å². The normalized spacial score (nSPS) is 18.8. The molecule has 0 saturated carbocycles. The lowest BCUT2D eigenvalue weighted by Gasteiger charge is -2.13. The topological polar surface area (TPSA) is 36.4 Å². The summed E-state index contributed by atoms with van der Waals surface area (Å²) in [5, 5.41) is 7.19. The smallest absolute Gasteiger partial charge is 0.191 e. The Morgan fingerprint density at radius 1 is 1.38 bits per heavy atom. The molecule has 1 saturated heterocycles. The molecule has 0 amide bonds. The Labute approximate surface area is 130 Å². The van der Waals surface area contributed by atoms with Crippen LogP contribution >= 0.6 is 11.8 Å². The zero-order valence-corrected chi connectivity index (χ0v) is 13.4. The van der Waals surface area contributed by atoms with Gasteiger partial charge in [0.1, 0.15) is 5.82 Å². The lowest BCUT2D eigenvalue weighted by atomic mass is 10.1.